The Hall–Kier alpha value is -0.790. The number of allylic oxidation sites excluding steroid dienone is 1. The molecule has 0 aromatic rings. The van der Waals surface area contributed by atoms with Gasteiger partial charge >= 0.3 is 5.97 Å². The molecule has 0 spiro atoms. The van der Waals surface area contributed by atoms with Crippen LogP contribution in [0.1, 0.15) is 78.1 Å². The molecule has 2 nitrogen and oxygen atoms in total. The number of carbonyl (C=O) groups excluding carboxylic acids is 1. The van der Waals surface area contributed by atoms with E-state index in [1.807, 2.05) is 0 Å². The topological polar surface area (TPSA) is 26.3 Å². The Morgan fingerprint density at radius 2 is 1.68 bits per heavy atom. The molecule has 2 heteroatoms. The van der Waals surface area contributed by atoms with Crippen LogP contribution in [-0.2, 0) is 9.53 Å². The van der Waals surface area contributed by atoms with Gasteiger partial charge in [0, 0.05) is 5.92 Å². The van der Waals surface area contributed by atoms with Gasteiger partial charge in [0.05, 0.1) is 5.92 Å². The van der Waals surface area contributed by atoms with Crippen molar-refractivity contribution in [1.29, 1.82) is 0 Å². The first-order valence-electron chi connectivity index (χ1n) is 12.5. The zero-order valence-corrected chi connectivity index (χ0v) is 17.8. The maximum Gasteiger partial charge on any atom is 0.310 e. The normalized spacial score (nSPS) is 54.4. The van der Waals surface area contributed by atoms with Crippen LogP contribution in [0.25, 0.3) is 0 Å². The van der Waals surface area contributed by atoms with Crippen molar-refractivity contribution < 1.29 is 9.53 Å². The minimum Gasteiger partial charge on any atom is -0.454 e. The molecule has 0 saturated heterocycles. The van der Waals surface area contributed by atoms with E-state index in [1.165, 1.54) is 44.9 Å². The van der Waals surface area contributed by atoms with Crippen molar-refractivity contribution in [3.05, 3.63) is 12.2 Å². The molecular formula is C26H38O2. The molecule has 6 aliphatic carbocycles. The Morgan fingerprint density at radius 3 is 2.39 bits per heavy atom. The van der Waals surface area contributed by atoms with E-state index in [4.69, 9.17) is 4.74 Å². The summed E-state index contributed by atoms with van der Waals surface area (Å²) in [5.41, 5.74) is -0.255. The predicted octanol–water partition coefficient (Wildman–Crippen LogP) is 6.01. The van der Waals surface area contributed by atoms with E-state index in [-0.39, 0.29) is 17.5 Å². The average molecular weight is 383 g/mol. The summed E-state index contributed by atoms with van der Waals surface area (Å²) in [5.74, 6) is 7.86. The second-order valence-electron chi connectivity index (χ2n) is 11.6. The Kier molecular flexibility index (Phi) is 4.09. The van der Waals surface area contributed by atoms with Gasteiger partial charge in [-0.2, -0.15) is 0 Å². The zero-order valence-electron chi connectivity index (χ0n) is 17.8. The summed E-state index contributed by atoms with van der Waals surface area (Å²) in [5, 5.41) is 0. The second kappa shape index (κ2) is 6.35. The van der Waals surface area contributed by atoms with Crippen LogP contribution in [0.3, 0.4) is 0 Å². The molecule has 0 radical (unpaired) electrons. The highest BCUT2D eigenvalue weighted by Crippen LogP contribution is 2.71. The molecule has 6 aliphatic rings. The molecule has 28 heavy (non-hydrogen) atoms. The fourth-order valence-corrected chi connectivity index (χ4v) is 9.54. The van der Waals surface area contributed by atoms with E-state index in [0.29, 0.717) is 11.8 Å². The summed E-state index contributed by atoms with van der Waals surface area (Å²) in [6.07, 6.45) is 17.1. The molecule has 0 amide bonds. The average Bonchev–Trinajstić information content (AvgIpc) is 3.50. The van der Waals surface area contributed by atoms with Gasteiger partial charge in [-0.25, -0.2) is 0 Å². The van der Waals surface area contributed by atoms with E-state index < -0.39 is 0 Å². The summed E-state index contributed by atoms with van der Waals surface area (Å²) < 4.78 is 6.53. The van der Waals surface area contributed by atoms with Crippen molar-refractivity contribution in [3.8, 4) is 0 Å². The third-order valence-corrected chi connectivity index (χ3v) is 10.8. The lowest BCUT2D eigenvalue weighted by molar-refractivity contribution is -0.170. The van der Waals surface area contributed by atoms with Gasteiger partial charge in [0.15, 0.2) is 0 Å². The molecule has 0 aromatic heterocycles. The van der Waals surface area contributed by atoms with Gasteiger partial charge in [-0.05, 0) is 98.4 Å². The number of hydrogen-bond donors (Lipinski definition) is 0. The van der Waals surface area contributed by atoms with Crippen molar-refractivity contribution in [2.45, 2.75) is 83.7 Å². The maximum atomic E-state index is 13.5. The van der Waals surface area contributed by atoms with E-state index in [9.17, 15) is 4.79 Å². The van der Waals surface area contributed by atoms with E-state index in [1.54, 1.807) is 0 Å². The van der Waals surface area contributed by atoms with Gasteiger partial charge in [0.1, 0.15) is 5.60 Å². The van der Waals surface area contributed by atoms with Crippen molar-refractivity contribution in [2.75, 3.05) is 0 Å². The smallest absolute Gasteiger partial charge is 0.310 e. The van der Waals surface area contributed by atoms with Gasteiger partial charge in [-0.1, -0.05) is 39.2 Å². The zero-order chi connectivity index (χ0) is 19.0. The highest BCUT2D eigenvalue weighted by molar-refractivity contribution is 5.74. The number of fused-ring (bicyclic) bond motifs is 9. The molecule has 4 bridgehead atoms. The number of esters is 1. The van der Waals surface area contributed by atoms with Crippen LogP contribution in [0.5, 0.6) is 0 Å². The lowest BCUT2D eigenvalue weighted by Crippen LogP contribution is -2.45. The number of ether oxygens (including phenoxy) is 1. The Balaban J connectivity index is 1.20. The van der Waals surface area contributed by atoms with Crippen LogP contribution in [0.2, 0.25) is 0 Å². The summed E-state index contributed by atoms with van der Waals surface area (Å²) in [7, 11) is 0. The van der Waals surface area contributed by atoms with Crippen molar-refractivity contribution in [3.63, 3.8) is 0 Å². The molecule has 154 valence electrons. The third kappa shape index (κ3) is 2.36. The molecule has 0 N–H and O–H groups in total. The van der Waals surface area contributed by atoms with Crippen LogP contribution >= 0.6 is 0 Å². The van der Waals surface area contributed by atoms with Crippen LogP contribution in [0.15, 0.2) is 12.2 Å². The first kappa shape index (κ1) is 18.0. The van der Waals surface area contributed by atoms with Crippen molar-refractivity contribution in [1.82, 2.24) is 0 Å². The Morgan fingerprint density at radius 1 is 0.929 bits per heavy atom. The van der Waals surface area contributed by atoms with E-state index in [0.717, 1.165) is 60.7 Å². The van der Waals surface area contributed by atoms with Gasteiger partial charge in [-0.15, -0.1) is 0 Å². The molecule has 0 aliphatic heterocycles. The number of carbonyl (C=O) groups is 1. The fourth-order valence-electron chi connectivity index (χ4n) is 9.54. The Bertz CT molecular complexity index is 676. The van der Waals surface area contributed by atoms with E-state index >= 15 is 0 Å². The standard InChI is InChI=1S/C26H38O2/c1-15-16(2)20-14-19(15)23-17-12-21(24(20)23)22(13-17)25(27)28-26(10-6-7-11-26)18-8-4-3-5-9-18/h6,10,15-24H,3-5,7-9,11-14H2,1-2H3. The van der Waals surface area contributed by atoms with Crippen LogP contribution in [0.4, 0.5) is 0 Å². The molecule has 10 atom stereocenters. The van der Waals surface area contributed by atoms with Crippen molar-refractivity contribution in [2.24, 2.45) is 59.2 Å². The van der Waals surface area contributed by atoms with Gasteiger partial charge < -0.3 is 4.74 Å². The molecule has 10 unspecified atom stereocenters. The summed E-state index contributed by atoms with van der Waals surface area (Å²) in [6, 6.07) is 0. The number of rotatable bonds is 3. The van der Waals surface area contributed by atoms with E-state index in [2.05, 4.69) is 26.0 Å². The van der Waals surface area contributed by atoms with Gasteiger partial charge in [-0.3, -0.25) is 4.79 Å². The molecule has 6 rings (SSSR count). The molecule has 0 aromatic carbocycles. The monoisotopic (exact) mass is 382 g/mol. The molecule has 0 heterocycles. The SMILES string of the molecule is CC1C(C)C2CC1C1C3CC(C(=O)OC4(C5CCCCC5)C=CCC4)C(C3)C21. The first-order valence-corrected chi connectivity index (χ1v) is 12.5. The van der Waals surface area contributed by atoms with Gasteiger partial charge in [0.25, 0.3) is 0 Å². The highest BCUT2D eigenvalue weighted by atomic mass is 16.6. The number of hydrogen-bond acceptors (Lipinski definition) is 2. The van der Waals surface area contributed by atoms with Crippen LogP contribution in [-0.4, -0.2) is 11.6 Å². The first-order chi connectivity index (χ1) is 13.6. The largest absolute Gasteiger partial charge is 0.454 e. The lowest BCUT2D eigenvalue weighted by Gasteiger charge is -2.44. The summed E-state index contributed by atoms with van der Waals surface area (Å²) in [4.78, 5) is 13.5. The summed E-state index contributed by atoms with van der Waals surface area (Å²) >= 11 is 0. The van der Waals surface area contributed by atoms with Crippen LogP contribution < -0.4 is 0 Å². The second-order valence-corrected chi connectivity index (χ2v) is 11.6. The molecular weight excluding hydrogens is 344 g/mol. The minimum atomic E-state index is -0.255. The molecule has 5 saturated carbocycles. The van der Waals surface area contributed by atoms with Crippen molar-refractivity contribution >= 4 is 5.97 Å². The summed E-state index contributed by atoms with van der Waals surface area (Å²) in [6.45, 7) is 5.00. The highest BCUT2D eigenvalue weighted by Gasteiger charge is 2.67. The quantitative estimate of drug-likeness (QED) is 0.339. The molecule has 5 fully saturated rings. The van der Waals surface area contributed by atoms with Gasteiger partial charge in [0.2, 0.25) is 0 Å². The minimum absolute atomic E-state index is 0.187. The lowest BCUT2D eigenvalue weighted by atomic mass is 9.62. The predicted molar refractivity (Wildman–Crippen MR) is 110 cm³/mol. The maximum absolute atomic E-state index is 13.5. The Labute approximate surface area is 170 Å². The van der Waals surface area contributed by atoms with Crippen LogP contribution in [0, 0.1) is 59.2 Å². The fraction of sp³-hybridized carbons (Fsp3) is 0.885. The third-order valence-electron chi connectivity index (χ3n) is 10.8.